The number of aliphatic hydroxyl groups excluding tert-OH is 1. The maximum absolute atomic E-state index is 10.1. The summed E-state index contributed by atoms with van der Waals surface area (Å²) in [4.78, 5) is 4.63. The molecule has 0 spiro atoms. The van der Waals surface area contributed by atoms with Gasteiger partial charge in [0.25, 0.3) is 0 Å². The number of hydrogen-bond donors (Lipinski definition) is 2. The van der Waals surface area contributed by atoms with Crippen molar-refractivity contribution in [1.82, 2.24) is 19.3 Å². The van der Waals surface area contributed by atoms with Gasteiger partial charge in [0.15, 0.2) is 0 Å². The lowest BCUT2D eigenvalue weighted by Gasteiger charge is -2.42. The van der Waals surface area contributed by atoms with Crippen molar-refractivity contribution in [2.24, 2.45) is 7.05 Å². The topological polar surface area (TPSA) is 67.9 Å². The van der Waals surface area contributed by atoms with Crippen LogP contribution in [0.25, 0.3) is 11.0 Å². The number of fused-ring (bicyclic) bond motifs is 1. The molecule has 1 fully saturated rings. The van der Waals surface area contributed by atoms with Gasteiger partial charge in [-0.25, -0.2) is 4.98 Å². The first-order valence-electron chi connectivity index (χ1n) is 7.50. The molecule has 3 atom stereocenters. The first-order valence-corrected chi connectivity index (χ1v) is 7.50. The van der Waals surface area contributed by atoms with E-state index in [4.69, 9.17) is 0 Å². The van der Waals surface area contributed by atoms with Crippen LogP contribution in [0.5, 0.6) is 0 Å². The van der Waals surface area contributed by atoms with Gasteiger partial charge in [-0.1, -0.05) is 12.1 Å². The Morgan fingerprint density at radius 3 is 2.82 bits per heavy atom. The Bertz CT molecular complexity index is 821. The Balaban J connectivity index is 1.61. The van der Waals surface area contributed by atoms with Gasteiger partial charge in [-0.05, 0) is 31.0 Å². The number of imidazole rings is 1. The third kappa shape index (κ3) is 1.99. The predicted octanol–water partition coefficient (Wildman–Crippen LogP) is 1.86. The molecular formula is C16H19N5O. The molecule has 0 unspecified atom stereocenters. The minimum Gasteiger partial charge on any atom is -0.391 e. The maximum atomic E-state index is 10.1. The van der Waals surface area contributed by atoms with Crippen LogP contribution in [0.15, 0.2) is 36.7 Å². The van der Waals surface area contributed by atoms with E-state index < -0.39 is 0 Å². The molecule has 0 aliphatic heterocycles. The molecule has 4 rings (SSSR count). The Labute approximate surface area is 128 Å². The van der Waals surface area contributed by atoms with Crippen molar-refractivity contribution in [2.45, 2.75) is 31.5 Å². The van der Waals surface area contributed by atoms with E-state index in [0.717, 1.165) is 22.5 Å². The minimum absolute atomic E-state index is 0.0477. The summed E-state index contributed by atoms with van der Waals surface area (Å²) in [6.07, 6.45) is 4.12. The number of aromatic nitrogens is 4. The molecule has 1 aliphatic carbocycles. The number of anilines is 1. The van der Waals surface area contributed by atoms with Crippen molar-refractivity contribution >= 4 is 17.0 Å². The van der Waals surface area contributed by atoms with Crippen molar-refractivity contribution in [3.05, 3.63) is 42.2 Å². The fraction of sp³-hybridized carbons (Fsp3) is 0.375. The second-order valence-electron chi connectivity index (χ2n) is 6.03. The summed E-state index contributed by atoms with van der Waals surface area (Å²) in [6, 6.07) is 8.14. The number of hydrogen-bond acceptors (Lipinski definition) is 4. The smallest absolute Gasteiger partial charge is 0.203 e. The van der Waals surface area contributed by atoms with Crippen LogP contribution in [0.2, 0.25) is 0 Å². The van der Waals surface area contributed by atoms with Crippen molar-refractivity contribution in [1.29, 1.82) is 0 Å². The molecule has 0 saturated heterocycles. The lowest BCUT2D eigenvalue weighted by molar-refractivity contribution is 0.0131. The first kappa shape index (κ1) is 13.3. The number of para-hydroxylation sites is 2. The van der Waals surface area contributed by atoms with E-state index in [0.29, 0.717) is 6.42 Å². The molecule has 1 saturated carbocycles. The first-order chi connectivity index (χ1) is 10.6. The molecule has 3 aromatic rings. The van der Waals surface area contributed by atoms with Gasteiger partial charge in [-0.15, -0.1) is 0 Å². The molecule has 1 aromatic carbocycles. The Morgan fingerprint density at radius 2 is 2.14 bits per heavy atom. The Kier molecular flexibility index (Phi) is 2.94. The number of benzene rings is 1. The van der Waals surface area contributed by atoms with Crippen LogP contribution in [0, 0.1) is 6.92 Å². The van der Waals surface area contributed by atoms with Gasteiger partial charge in [0.05, 0.1) is 35.4 Å². The minimum atomic E-state index is -0.369. The van der Waals surface area contributed by atoms with Crippen LogP contribution in [0.3, 0.4) is 0 Å². The van der Waals surface area contributed by atoms with E-state index in [1.54, 1.807) is 0 Å². The van der Waals surface area contributed by atoms with Crippen molar-refractivity contribution < 1.29 is 5.11 Å². The zero-order chi connectivity index (χ0) is 15.3. The van der Waals surface area contributed by atoms with Crippen molar-refractivity contribution in [3.8, 4) is 0 Å². The molecule has 6 nitrogen and oxygen atoms in total. The van der Waals surface area contributed by atoms with E-state index in [1.165, 1.54) is 0 Å². The summed E-state index contributed by atoms with van der Waals surface area (Å²) in [7, 11) is 2.00. The highest BCUT2D eigenvalue weighted by Crippen LogP contribution is 2.35. The van der Waals surface area contributed by atoms with Crippen molar-refractivity contribution in [3.63, 3.8) is 0 Å². The molecule has 114 valence electrons. The van der Waals surface area contributed by atoms with Gasteiger partial charge < -0.3 is 15.0 Å². The molecule has 1 aliphatic rings. The zero-order valence-corrected chi connectivity index (χ0v) is 12.6. The second-order valence-corrected chi connectivity index (χ2v) is 6.03. The zero-order valence-electron chi connectivity index (χ0n) is 12.6. The number of rotatable bonds is 3. The van der Waals surface area contributed by atoms with Gasteiger partial charge in [0, 0.05) is 13.2 Å². The van der Waals surface area contributed by atoms with Gasteiger partial charge in [-0.3, -0.25) is 4.68 Å². The monoisotopic (exact) mass is 297 g/mol. The van der Waals surface area contributed by atoms with Gasteiger partial charge in [-0.2, -0.15) is 5.10 Å². The number of nitrogens with one attached hydrogen (secondary N) is 1. The third-order valence-corrected chi connectivity index (χ3v) is 4.44. The number of aryl methyl sites for hydroxylation is 2. The van der Waals surface area contributed by atoms with Crippen LogP contribution in [0.4, 0.5) is 5.95 Å². The maximum Gasteiger partial charge on any atom is 0.203 e. The lowest BCUT2D eigenvalue weighted by Crippen LogP contribution is -2.51. The average Bonchev–Trinajstić information content (AvgIpc) is 3.03. The summed E-state index contributed by atoms with van der Waals surface area (Å²) in [6.45, 7) is 2.00. The average molecular weight is 297 g/mol. The summed E-state index contributed by atoms with van der Waals surface area (Å²) in [5.74, 6) is 0.826. The summed E-state index contributed by atoms with van der Waals surface area (Å²) in [5, 5.41) is 17.9. The van der Waals surface area contributed by atoms with Crippen LogP contribution >= 0.6 is 0 Å². The van der Waals surface area contributed by atoms with E-state index >= 15 is 0 Å². The quantitative estimate of drug-likeness (QED) is 0.774. The molecule has 2 heterocycles. The highest BCUT2D eigenvalue weighted by molar-refractivity contribution is 5.78. The third-order valence-electron chi connectivity index (χ3n) is 4.44. The Morgan fingerprint density at radius 1 is 1.32 bits per heavy atom. The summed E-state index contributed by atoms with van der Waals surface area (Å²) < 4.78 is 3.90. The largest absolute Gasteiger partial charge is 0.391 e. The van der Waals surface area contributed by atoms with Crippen LogP contribution in [-0.4, -0.2) is 36.6 Å². The Hall–Kier alpha value is -2.34. The second kappa shape index (κ2) is 4.84. The lowest BCUT2D eigenvalue weighted by atomic mass is 9.83. The van der Waals surface area contributed by atoms with Gasteiger partial charge >= 0.3 is 0 Å². The molecule has 0 bridgehead atoms. The van der Waals surface area contributed by atoms with E-state index in [-0.39, 0.29) is 18.2 Å². The highest BCUT2D eigenvalue weighted by atomic mass is 16.3. The molecule has 0 amide bonds. The van der Waals surface area contributed by atoms with Crippen LogP contribution in [0.1, 0.15) is 18.0 Å². The number of aliphatic hydroxyl groups is 1. The summed E-state index contributed by atoms with van der Waals surface area (Å²) >= 11 is 0. The molecular weight excluding hydrogens is 278 g/mol. The fourth-order valence-corrected chi connectivity index (χ4v) is 3.15. The summed E-state index contributed by atoms with van der Waals surface area (Å²) in [5.41, 5.74) is 3.16. The number of nitrogens with zero attached hydrogens (tertiary/aromatic N) is 4. The fourth-order valence-electron chi connectivity index (χ4n) is 3.15. The van der Waals surface area contributed by atoms with Crippen LogP contribution in [-0.2, 0) is 7.05 Å². The normalized spacial score (nSPS) is 24.4. The van der Waals surface area contributed by atoms with E-state index in [1.807, 2.05) is 53.8 Å². The molecule has 22 heavy (non-hydrogen) atoms. The molecule has 0 radical (unpaired) electrons. The molecule has 2 aromatic heterocycles. The van der Waals surface area contributed by atoms with Crippen LogP contribution < -0.4 is 5.32 Å². The van der Waals surface area contributed by atoms with Crippen molar-refractivity contribution in [2.75, 3.05) is 5.32 Å². The van der Waals surface area contributed by atoms with E-state index in [2.05, 4.69) is 21.5 Å². The molecule has 2 N–H and O–H groups in total. The van der Waals surface area contributed by atoms with Gasteiger partial charge in [0.2, 0.25) is 5.95 Å². The molecule has 6 heteroatoms. The SMILES string of the molecule is Cc1cnn([C@H]2[C@H](O)C[C@@H]2Nc2nc3ccccc3n2C)c1. The van der Waals surface area contributed by atoms with Gasteiger partial charge in [0.1, 0.15) is 0 Å². The van der Waals surface area contributed by atoms with E-state index in [9.17, 15) is 5.11 Å². The highest BCUT2D eigenvalue weighted by Gasteiger charge is 2.42. The standard InChI is InChI=1S/C16H19N5O/c1-10-8-17-21(9-10)15-12(7-14(15)22)19-16-18-11-5-3-4-6-13(11)20(16)2/h3-6,8-9,12,14-15,22H,7H2,1-2H3,(H,18,19)/t12-,14+,15+/m0/s1. The predicted molar refractivity (Wildman–Crippen MR) is 84.7 cm³/mol.